The van der Waals surface area contributed by atoms with E-state index in [-0.39, 0.29) is 6.54 Å². The highest BCUT2D eigenvalue weighted by molar-refractivity contribution is 7.89. The zero-order valence-electron chi connectivity index (χ0n) is 10.1. The lowest BCUT2D eigenvalue weighted by Gasteiger charge is -2.09. The lowest BCUT2D eigenvalue weighted by molar-refractivity contribution is 0.267. The third-order valence-corrected chi connectivity index (χ3v) is 4.02. The first-order valence-corrected chi connectivity index (χ1v) is 6.98. The monoisotopic (exact) mass is 303 g/mol. The number of hydrogen-bond acceptors (Lipinski definition) is 4. The zero-order valence-corrected chi connectivity index (χ0v) is 10.9. The molecule has 1 aromatic carbocycles. The molecule has 0 fully saturated rings. The molecule has 0 spiro atoms. The minimum absolute atomic E-state index is 0.117. The van der Waals surface area contributed by atoms with Crippen LogP contribution in [0.15, 0.2) is 29.6 Å². The molecule has 0 atom stereocenters. The SMILES string of the molecule is O=S(=O)(NCc1cnc[nH]1)c1ccc(F)c(CO)c1F. The summed E-state index contributed by atoms with van der Waals surface area (Å²) >= 11 is 0. The van der Waals surface area contributed by atoms with Gasteiger partial charge < -0.3 is 10.1 Å². The number of halogens is 2. The van der Waals surface area contributed by atoms with E-state index >= 15 is 0 Å². The summed E-state index contributed by atoms with van der Waals surface area (Å²) in [5.41, 5.74) is -0.201. The number of aliphatic hydroxyl groups is 1. The van der Waals surface area contributed by atoms with Crippen molar-refractivity contribution in [1.82, 2.24) is 14.7 Å². The van der Waals surface area contributed by atoms with Gasteiger partial charge in [0.15, 0.2) is 5.82 Å². The topological polar surface area (TPSA) is 95.1 Å². The van der Waals surface area contributed by atoms with Crippen molar-refractivity contribution in [3.05, 3.63) is 47.5 Å². The highest BCUT2D eigenvalue weighted by atomic mass is 32.2. The third kappa shape index (κ3) is 2.84. The van der Waals surface area contributed by atoms with Crippen LogP contribution >= 0.6 is 0 Å². The standard InChI is InChI=1S/C11H11F2N3O3S/c12-9-1-2-10(11(13)8(9)5-17)20(18,19)16-4-7-3-14-6-15-7/h1-3,6,16-17H,4-5H2,(H,14,15). The zero-order chi connectivity index (χ0) is 14.8. The van der Waals surface area contributed by atoms with Gasteiger partial charge in [-0.25, -0.2) is 26.9 Å². The van der Waals surface area contributed by atoms with Crippen molar-refractivity contribution in [3.8, 4) is 0 Å². The summed E-state index contributed by atoms with van der Waals surface area (Å²) < 4.78 is 53.1. The van der Waals surface area contributed by atoms with Gasteiger partial charge in [-0.05, 0) is 12.1 Å². The molecule has 2 rings (SSSR count). The summed E-state index contributed by atoms with van der Waals surface area (Å²) in [6.45, 7) is -1.05. The van der Waals surface area contributed by atoms with Gasteiger partial charge in [-0.1, -0.05) is 0 Å². The quantitative estimate of drug-likeness (QED) is 0.756. The smallest absolute Gasteiger partial charge is 0.243 e. The van der Waals surface area contributed by atoms with E-state index in [1.54, 1.807) is 0 Å². The van der Waals surface area contributed by atoms with Gasteiger partial charge in [0.25, 0.3) is 0 Å². The number of aromatic amines is 1. The molecule has 9 heteroatoms. The van der Waals surface area contributed by atoms with E-state index in [0.717, 1.165) is 12.1 Å². The van der Waals surface area contributed by atoms with Crippen molar-refractivity contribution in [2.45, 2.75) is 18.0 Å². The Bertz CT molecular complexity index is 702. The number of aromatic nitrogens is 2. The van der Waals surface area contributed by atoms with E-state index in [1.165, 1.54) is 12.5 Å². The lowest BCUT2D eigenvalue weighted by Crippen LogP contribution is -2.25. The van der Waals surface area contributed by atoms with Crippen molar-refractivity contribution < 1.29 is 22.3 Å². The number of nitrogens with zero attached hydrogens (tertiary/aromatic N) is 1. The van der Waals surface area contributed by atoms with Crippen LogP contribution in [0.3, 0.4) is 0 Å². The van der Waals surface area contributed by atoms with Gasteiger partial charge in [-0.2, -0.15) is 0 Å². The Hall–Kier alpha value is -1.84. The van der Waals surface area contributed by atoms with Gasteiger partial charge in [0.2, 0.25) is 10.0 Å². The molecular weight excluding hydrogens is 292 g/mol. The molecule has 0 radical (unpaired) electrons. The Kier molecular flexibility index (Phi) is 4.12. The first kappa shape index (κ1) is 14.6. The number of sulfonamides is 1. The van der Waals surface area contributed by atoms with E-state index in [1.807, 2.05) is 0 Å². The van der Waals surface area contributed by atoms with Gasteiger partial charge in [0, 0.05) is 11.9 Å². The van der Waals surface area contributed by atoms with E-state index in [2.05, 4.69) is 14.7 Å². The molecule has 0 aliphatic carbocycles. The fourth-order valence-corrected chi connectivity index (χ4v) is 2.67. The normalized spacial score (nSPS) is 11.8. The summed E-state index contributed by atoms with van der Waals surface area (Å²) in [6.07, 6.45) is 2.77. The molecule has 0 unspecified atom stereocenters. The average molecular weight is 303 g/mol. The van der Waals surface area contributed by atoms with Gasteiger partial charge in [-0.3, -0.25) is 0 Å². The summed E-state index contributed by atoms with van der Waals surface area (Å²) in [4.78, 5) is 5.66. The Labute approximate surface area is 113 Å². The first-order chi connectivity index (χ1) is 9.45. The summed E-state index contributed by atoms with van der Waals surface area (Å²) in [5, 5.41) is 8.86. The molecule has 0 amide bonds. The molecule has 108 valence electrons. The number of H-pyrrole nitrogens is 1. The molecule has 20 heavy (non-hydrogen) atoms. The molecule has 1 heterocycles. The summed E-state index contributed by atoms with van der Waals surface area (Å²) in [5.74, 6) is -2.30. The first-order valence-electron chi connectivity index (χ1n) is 5.50. The van der Waals surface area contributed by atoms with Crippen LogP contribution < -0.4 is 4.72 Å². The fraction of sp³-hybridized carbons (Fsp3) is 0.182. The molecule has 0 aliphatic rings. The highest BCUT2D eigenvalue weighted by Crippen LogP contribution is 2.21. The fourth-order valence-electron chi connectivity index (χ4n) is 1.56. The summed E-state index contributed by atoms with van der Waals surface area (Å²) in [6, 6.07) is 1.60. The second-order valence-electron chi connectivity index (χ2n) is 3.90. The van der Waals surface area contributed by atoms with Crippen molar-refractivity contribution in [3.63, 3.8) is 0 Å². The Balaban J connectivity index is 2.30. The molecule has 0 saturated carbocycles. The Morgan fingerprint density at radius 2 is 2.10 bits per heavy atom. The van der Waals surface area contributed by atoms with Crippen molar-refractivity contribution in [2.75, 3.05) is 0 Å². The predicted molar refractivity (Wildman–Crippen MR) is 64.9 cm³/mol. The molecule has 0 bridgehead atoms. The van der Waals surface area contributed by atoms with Crippen molar-refractivity contribution in [1.29, 1.82) is 0 Å². The second-order valence-corrected chi connectivity index (χ2v) is 5.63. The van der Waals surface area contributed by atoms with E-state index in [4.69, 9.17) is 5.11 Å². The van der Waals surface area contributed by atoms with Crippen LogP contribution in [-0.4, -0.2) is 23.5 Å². The molecule has 2 aromatic rings. The van der Waals surface area contributed by atoms with Gasteiger partial charge in [0.05, 0.1) is 25.0 Å². The van der Waals surface area contributed by atoms with Crippen LogP contribution in [0.25, 0.3) is 0 Å². The molecule has 0 aliphatic heterocycles. The number of aliphatic hydroxyl groups excluding tert-OH is 1. The maximum absolute atomic E-state index is 13.9. The van der Waals surface area contributed by atoms with Gasteiger partial charge >= 0.3 is 0 Å². The molecule has 3 N–H and O–H groups in total. The number of imidazole rings is 1. The van der Waals surface area contributed by atoms with E-state index in [0.29, 0.717) is 5.69 Å². The molecular formula is C11H11F2N3O3S. The second kappa shape index (κ2) is 5.65. The third-order valence-electron chi connectivity index (χ3n) is 2.61. The van der Waals surface area contributed by atoms with Crippen LogP contribution in [0.4, 0.5) is 8.78 Å². The average Bonchev–Trinajstić information content (AvgIpc) is 2.90. The maximum atomic E-state index is 13.9. The number of hydrogen-bond donors (Lipinski definition) is 3. The Morgan fingerprint density at radius 1 is 1.35 bits per heavy atom. The minimum Gasteiger partial charge on any atom is -0.391 e. The van der Waals surface area contributed by atoms with Gasteiger partial charge in [0.1, 0.15) is 10.7 Å². The van der Waals surface area contributed by atoms with Gasteiger partial charge in [-0.15, -0.1) is 0 Å². The van der Waals surface area contributed by atoms with Crippen LogP contribution in [0.5, 0.6) is 0 Å². The molecule has 6 nitrogen and oxygen atoms in total. The van der Waals surface area contributed by atoms with Crippen molar-refractivity contribution >= 4 is 10.0 Å². The number of benzene rings is 1. The highest BCUT2D eigenvalue weighted by Gasteiger charge is 2.23. The number of nitrogens with one attached hydrogen (secondary N) is 2. The molecule has 1 aromatic heterocycles. The van der Waals surface area contributed by atoms with Crippen LogP contribution in [0, 0.1) is 11.6 Å². The lowest BCUT2D eigenvalue weighted by atomic mass is 10.2. The van der Waals surface area contributed by atoms with E-state index in [9.17, 15) is 17.2 Å². The van der Waals surface area contributed by atoms with E-state index < -0.39 is 38.7 Å². The largest absolute Gasteiger partial charge is 0.391 e. The van der Waals surface area contributed by atoms with Crippen LogP contribution in [-0.2, 0) is 23.2 Å². The molecule has 0 saturated heterocycles. The van der Waals surface area contributed by atoms with Crippen LogP contribution in [0.1, 0.15) is 11.3 Å². The van der Waals surface area contributed by atoms with Crippen LogP contribution in [0.2, 0.25) is 0 Å². The predicted octanol–water partition coefficient (Wildman–Crippen LogP) is 0.659. The number of rotatable bonds is 5. The van der Waals surface area contributed by atoms with Crippen molar-refractivity contribution in [2.24, 2.45) is 0 Å². The summed E-state index contributed by atoms with van der Waals surface area (Å²) in [7, 11) is -4.17. The maximum Gasteiger partial charge on any atom is 0.243 e. The minimum atomic E-state index is -4.17. The Morgan fingerprint density at radius 3 is 2.70 bits per heavy atom.